The quantitative estimate of drug-likeness (QED) is 0.837. The van der Waals surface area contributed by atoms with E-state index in [4.69, 9.17) is 5.11 Å². The normalized spacial score (nSPS) is 10.4. The Morgan fingerprint density at radius 2 is 2.12 bits per heavy atom. The van der Waals surface area contributed by atoms with Crippen molar-refractivity contribution in [2.75, 3.05) is 0 Å². The first-order valence-corrected chi connectivity index (χ1v) is 4.95. The third-order valence-corrected chi connectivity index (χ3v) is 2.54. The molecule has 2 aromatic heterocycles. The van der Waals surface area contributed by atoms with E-state index in [-0.39, 0.29) is 0 Å². The topological polar surface area (TPSA) is 55.1 Å². The molecule has 2 aromatic rings. The minimum Gasteiger partial charge on any atom is -0.478 e. The predicted molar refractivity (Wildman–Crippen MR) is 60.0 cm³/mol. The number of carbonyl (C=O) groups is 1. The van der Waals surface area contributed by atoms with Crippen LogP contribution in [0.4, 0.5) is 0 Å². The van der Waals surface area contributed by atoms with Gasteiger partial charge < -0.3 is 9.67 Å². The van der Waals surface area contributed by atoms with Crippen molar-refractivity contribution in [1.82, 2.24) is 9.55 Å². The van der Waals surface area contributed by atoms with Crippen LogP contribution in [-0.4, -0.2) is 20.6 Å². The molecule has 0 amide bonds. The van der Waals surface area contributed by atoms with Gasteiger partial charge in [0.1, 0.15) is 5.82 Å². The van der Waals surface area contributed by atoms with E-state index in [1.165, 1.54) is 0 Å². The second-order valence-electron chi connectivity index (χ2n) is 3.61. The fourth-order valence-electron chi connectivity index (χ4n) is 1.82. The van der Waals surface area contributed by atoms with E-state index in [9.17, 15) is 4.79 Å². The van der Waals surface area contributed by atoms with Crippen molar-refractivity contribution in [2.45, 2.75) is 13.8 Å². The highest BCUT2D eigenvalue weighted by molar-refractivity contribution is 5.89. The molecule has 0 bridgehead atoms. The molecule has 0 unspecified atom stereocenters. The van der Waals surface area contributed by atoms with Gasteiger partial charge in [0.2, 0.25) is 0 Å². The first-order chi connectivity index (χ1) is 7.61. The lowest BCUT2D eigenvalue weighted by Crippen LogP contribution is -2.03. The fourth-order valence-corrected chi connectivity index (χ4v) is 1.82. The van der Waals surface area contributed by atoms with E-state index in [1.54, 1.807) is 19.2 Å². The molecule has 2 rings (SSSR count). The minimum absolute atomic E-state index is 0.322. The summed E-state index contributed by atoms with van der Waals surface area (Å²) in [6.07, 6.45) is 1.69. The summed E-state index contributed by atoms with van der Waals surface area (Å²) in [5.41, 5.74) is 1.89. The van der Waals surface area contributed by atoms with Crippen molar-refractivity contribution < 1.29 is 9.90 Å². The van der Waals surface area contributed by atoms with Crippen molar-refractivity contribution in [2.24, 2.45) is 0 Å². The Kier molecular flexibility index (Phi) is 2.48. The molecule has 1 N–H and O–H groups in total. The molecule has 0 aliphatic rings. The summed E-state index contributed by atoms with van der Waals surface area (Å²) < 4.78 is 1.84. The Bertz CT molecular complexity index is 529. The monoisotopic (exact) mass is 216 g/mol. The van der Waals surface area contributed by atoms with Gasteiger partial charge in [0, 0.05) is 17.6 Å². The van der Waals surface area contributed by atoms with Crippen LogP contribution in [-0.2, 0) is 0 Å². The molecule has 0 fully saturated rings. The lowest BCUT2D eigenvalue weighted by molar-refractivity contribution is 0.0696. The predicted octanol–water partition coefficient (Wildman–Crippen LogP) is 2.19. The Balaban J connectivity index is 2.63. The Hall–Kier alpha value is -2.10. The number of rotatable bonds is 2. The second kappa shape index (κ2) is 3.81. The number of nitrogens with zero attached hydrogens (tertiary/aromatic N) is 2. The van der Waals surface area contributed by atoms with Gasteiger partial charge in [-0.05, 0) is 32.0 Å². The van der Waals surface area contributed by atoms with Crippen molar-refractivity contribution in [3.05, 3.63) is 47.4 Å². The number of carboxylic acids is 1. The van der Waals surface area contributed by atoms with Gasteiger partial charge in [0.05, 0.1) is 5.56 Å². The van der Waals surface area contributed by atoms with Crippen LogP contribution in [0.1, 0.15) is 21.7 Å². The zero-order valence-corrected chi connectivity index (χ0v) is 9.14. The lowest BCUT2D eigenvalue weighted by atomic mass is 10.2. The largest absolute Gasteiger partial charge is 0.478 e. The van der Waals surface area contributed by atoms with Crippen molar-refractivity contribution in [3.63, 3.8) is 0 Å². The van der Waals surface area contributed by atoms with E-state index >= 15 is 0 Å². The van der Waals surface area contributed by atoms with Crippen LogP contribution < -0.4 is 0 Å². The summed E-state index contributed by atoms with van der Waals surface area (Å²) in [6.45, 7) is 3.65. The highest BCUT2D eigenvalue weighted by Crippen LogP contribution is 2.18. The van der Waals surface area contributed by atoms with Crippen molar-refractivity contribution >= 4 is 5.97 Å². The van der Waals surface area contributed by atoms with Crippen LogP contribution in [0.3, 0.4) is 0 Å². The summed E-state index contributed by atoms with van der Waals surface area (Å²) in [7, 11) is 0. The smallest absolute Gasteiger partial charge is 0.337 e. The summed E-state index contributed by atoms with van der Waals surface area (Å²) in [4.78, 5) is 15.2. The van der Waals surface area contributed by atoms with E-state index in [0.29, 0.717) is 11.3 Å². The van der Waals surface area contributed by atoms with Crippen LogP contribution in [0, 0.1) is 13.8 Å². The molecule has 0 aliphatic carbocycles. The zero-order chi connectivity index (χ0) is 11.7. The molecule has 0 spiro atoms. The average molecular weight is 216 g/mol. The number of pyridine rings is 1. The summed E-state index contributed by atoms with van der Waals surface area (Å²) in [5.74, 6) is -0.166. The van der Waals surface area contributed by atoms with Gasteiger partial charge in [-0.3, -0.25) is 0 Å². The molecule has 0 aromatic carbocycles. The Morgan fingerprint density at radius 1 is 1.38 bits per heavy atom. The lowest BCUT2D eigenvalue weighted by Gasteiger charge is -2.07. The molecule has 2 heterocycles. The van der Waals surface area contributed by atoms with E-state index < -0.39 is 5.97 Å². The SMILES string of the molecule is Cc1cc(C(=O)O)c(C)n1-c1ccccn1. The van der Waals surface area contributed by atoms with Crippen LogP contribution >= 0.6 is 0 Å². The van der Waals surface area contributed by atoms with Crippen molar-refractivity contribution in [1.29, 1.82) is 0 Å². The summed E-state index contributed by atoms with van der Waals surface area (Å²) in [6, 6.07) is 7.22. The van der Waals surface area contributed by atoms with E-state index in [0.717, 1.165) is 11.5 Å². The summed E-state index contributed by atoms with van der Waals surface area (Å²) >= 11 is 0. The number of aryl methyl sites for hydroxylation is 1. The maximum Gasteiger partial charge on any atom is 0.337 e. The first kappa shape index (κ1) is 10.4. The van der Waals surface area contributed by atoms with Gasteiger partial charge in [-0.25, -0.2) is 9.78 Å². The molecular weight excluding hydrogens is 204 g/mol. The molecule has 0 saturated heterocycles. The van der Waals surface area contributed by atoms with Crippen LogP contribution in [0.15, 0.2) is 30.5 Å². The van der Waals surface area contributed by atoms with Gasteiger partial charge in [-0.15, -0.1) is 0 Å². The number of hydrogen-bond acceptors (Lipinski definition) is 2. The van der Waals surface area contributed by atoms with Gasteiger partial charge in [0.25, 0.3) is 0 Å². The molecule has 4 nitrogen and oxygen atoms in total. The van der Waals surface area contributed by atoms with Gasteiger partial charge in [0.15, 0.2) is 0 Å². The molecule has 0 saturated carbocycles. The minimum atomic E-state index is -0.907. The molecule has 0 atom stereocenters. The van der Waals surface area contributed by atoms with Gasteiger partial charge in [-0.2, -0.15) is 0 Å². The number of aromatic carboxylic acids is 1. The maximum absolute atomic E-state index is 11.0. The first-order valence-electron chi connectivity index (χ1n) is 4.95. The summed E-state index contributed by atoms with van der Waals surface area (Å²) in [5, 5.41) is 9.02. The fraction of sp³-hybridized carbons (Fsp3) is 0.167. The van der Waals surface area contributed by atoms with Crippen LogP contribution in [0.2, 0.25) is 0 Å². The molecule has 16 heavy (non-hydrogen) atoms. The molecule has 0 radical (unpaired) electrons. The highest BCUT2D eigenvalue weighted by atomic mass is 16.4. The number of hydrogen-bond donors (Lipinski definition) is 1. The van der Waals surface area contributed by atoms with Gasteiger partial charge in [-0.1, -0.05) is 6.07 Å². The molecule has 82 valence electrons. The van der Waals surface area contributed by atoms with Gasteiger partial charge >= 0.3 is 5.97 Å². The third-order valence-electron chi connectivity index (χ3n) is 2.54. The molecule has 0 aliphatic heterocycles. The molecule has 4 heteroatoms. The van der Waals surface area contributed by atoms with E-state index in [2.05, 4.69) is 4.98 Å². The number of carboxylic acid groups (broad SMARTS) is 1. The maximum atomic E-state index is 11.0. The highest BCUT2D eigenvalue weighted by Gasteiger charge is 2.15. The molecular formula is C12H12N2O2. The average Bonchev–Trinajstić information content (AvgIpc) is 2.56. The second-order valence-corrected chi connectivity index (χ2v) is 3.61. The zero-order valence-electron chi connectivity index (χ0n) is 9.14. The number of aromatic nitrogens is 2. The Morgan fingerprint density at radius 3 is 2.62 bits per heavy atom. The van der Waals surface area contributed by atoms with Crippen molar-refractivity contribution in [3.8, 4) is 5.82 Å². The third kappa shape index (κ3) is 1.58. The standard InChI is InChI=1S/C12H12N2O2/c1-8-7-10(12(15)16)9(2)14(8)11-5-3-4-6-13-11/h3-7H,1-2H3,(H,15,16). The van der Waals surface area contributed by atoms with Crippen LogP contribution in [0.5, 0.6) is 0 Å². The van der Waals surface area contributed by atoms with Crippen LogP contribution in [0.25, 0.3) is 5.82 Å². The van der Waals surface area contributed by atoms with E-state index in [1.807, 2.05) is 29.7 Å². The Labute approximate surface area is 93.2 Å².